The minimum atomic E-state index is -0.207. The van der Waals surface area contributed by atoms with Gasteiger partial charge >= 0.3 is 0 Å². The van der Waals surface area contributed by atoms with Crippen LogP contribution in [0.25, 0.3) is 11.0 Å². The summed E-state index contributed by atoms with van der Waals surface area (Å²) >= 11 is 6.17. The second-order valence-corrected chi connectivity index (χ2v) is 8.99. The number of ether oxygens (including phenoxy) is 1. The second-order valence-electron chi connectivity index (χ2n) is 8.58. The largest absolute Gasteiger partial charge is 0.493 e. The molecule has 0 unspecified atom stereocenters. The van der Waals surface area contributed by atoms with Crippen LogP contribution in [-0.2, 0) is 13.1 Å². The first-order valence-corrected chi connectivity index (χ1v) is 12.1. The topological polar surface area (TPSA) is 56.1 Å². The molecule has 0 saturated carbocycles. The number of amides is 1. The fourth-order valence-corrected chi connectivity index (χ4v) is 4.27. The van der Waals surface area contributed by atoms with Crippen LogP contribution < -0.4 is 10.1 Å². The van der Waals surface area contributed by atoms with Gasteiger partial charge in [0.05, 0.1) is 34.8 Å². The Balaban J connectivity index is 1.39. The molecule has 0 aliphatic rings. The normalized spacial score (nSPS) is 11.2. The summed E-state index contributed by atoms with van der Waals surface area (Å²) in [5.74, 6) is 2.01. The molecule has 0 radical (unpaired) electrons. The number of nitrogens with one attached hydrogen (secondary N) is 1. The van der Waals surface area contributed by atoms with Gasteiger partial charge in [-0.15, -0.1) is 0 Å². The van der Waals surface area contributed by atoms with Crippen LogP contribution in [-0.4, -0.2) is 22.1 Å². The van der Waals surface area contributed by atoms with E-state index in [0.29, 0.717) is 29.7 Å². The molecular formula is C28H30ClN3O2. The molecule has 0 bridgehead atoms. The fraction of sp³-hybridized carbons (Fsp3) is 0.286. The van der Waals surface area contributed by atoms with Crippen molar-refractivity contribution in [2.75, 3.05) is 6.61 Å². The number of nitrogens with zero attached hydrogens (tertiary/aromatic N) is 2. The van der Waals surface area contributed by atoms with Crippen LogP contribution in [0.15, 0.2) is 72.8 Å². The highest BCUT2D eigenvalue weighted by Crippen LogP contribution is 2.26. The first-order chi connectivity index (χ1) is 16.5. The molecule has 176 valence electrons. The molecule has 0 aliphatic carbocycles. The number of unbranched alkanes of at least 4 members (excludes halogenated alkanes) is 1. The van der Waals surface area contributed by atoms with E-state index >= 15 is 0 Å². The fourth-order valence-electron chi connectivity index (χ4n) is 4.05. The van der Waals surface area contributed by atoms with Gasteiger partial charge < -0.3 is 14.6 Å². The quantitative estimate of drug-likeness (QED) is 0.263. The van der Waals surface area contributed by atoms with Crippen molar-refractivity contribution >= 4 is 28.5 Å². The summed E-state index contributed by atoms with van der Waals surface area (Å²) in [7, 11) is 0. The second kappa shape index (κ2) is 11.2. The van der Waals surface area contributed by atoms with E-state index in [9.17, 15) is 4.79 Å². The van der Waals surface area contributed by atoms with Gasteiger partial charge in [0.25, 0.3) is 5.91 Å². The Morgan fingerprint density at radius 1 is 1.00 bits per heavy atom. The van der Waals surface area contributed by atoms with Crippen LogP contribution in [0.2, 0.25) is 5.02 Å². The molecular weight excluding hydrogens is 446 g/mol. The van der Waals surface area contributed by atoms with Gasteiger partial charge in [0.2, 0.25) is 0 Å². The maximum Gasteiger partial charge on any atom is 0.253 e. The summed E-state index contributed by atoms with van der Waals surface area (Å²) in [6.07, 6.45) is 1.86. The van der Waals surface area contributed by atoms with Crippen molar-refractivity contribution < 1.29 is 9.53 Å². The van der Waals surface area contributed by atoms with E-state index in [1.54, 1.807) is 18.2 Å². The molecule has 0 saturated heterocycles. The maximum absolute atomic E-state index is 12.6. The van der Waals surface area contributed by atoms with Crippen molar-refractivity contribution in [3.8, 4) is 5.75 Å². The predicted octanol–water partition coefficient (Wildman–Crippen LogP) is 6.60. The number of aromatic nitrogens is 2. The Labute approximate surface area is 205 Å². The van der Waals surface area contributed by atoms with Crippen molar-refractivity contribution in [1.29, 1.82) is 0 Å². The third-order valence-electron chi connectivity index (χ3n) is 5.83. The maximum atomic E-state index is 12.6. The molecule has 4 aromatic rings. The third kappa shape index (κ3) is 5.60. The number of para-hydroxylation sites is 3. The number of hydrogen-bond acceptors (Lipinski definition) is 3. The molecule has 0 atom stereocenters. The van der Waals surface area contributed by atoms with Crippen LogP contribution >= 0.6 is 11.6 Å². The molecule has 0 fully saturated rings. The standard InChI is InChI=1S/C28H30ClN3O2/c1-20(2)21-11-4-8-16-26(21)34-18-10-9-17-32-25-15-7-6-14-24(25)31-27(32)19-30-28(33)22-12-3-5-13-23(22)29/h3-8,11-16,20H,9-10,17-19H2,1-2H3,(H,30,33). The summed E-state index contributed by atoms with van der Waals surface area (Å²) in [4.78, 5) is 17.4. The lowest BCUT2D eigenvalue weighted by Gasteiger charge is -2.14. The Morgan fingerprint density at radius 2 is 1.74 bits per heavy atom. The Morgan fingerprint density at radius 3 is 2.56 bits per heavy atom. The summed E-state index contributed by atoms with van der Waals surface area (Å²) in [5, 5.41) is 3.40. The molecule has 1 heterocycles. The van der Waals surface area contributed by atoms with E-state index in [2.05, 4.69) is 41.9 Å². The van der Waals surface area contributed by atoms with Crippen LogP contribution in [0.3, 0.4) is 0 Å². The van der Waals surface area contributed by atoms with Gasteiger partial charge in [-0.2, -0.15) is 0 Å². The zero-order chi connectivity index (χ0) is 23.9. The zero-order valence-electron chi connectivity index (χ0n) is 19.6. The Hall–Kier alpha value is -3.31. The number of carbonyl (C=O) groups is 1. The van der Waals surface area contributed by atoms with Crippen LogP contribution in [0.5, 0.6) is 5.75 Å². The molecule has 0 spiro atoms. The lowest BCUT2D eigenvalue weighted by atomic mass is 10.0. The van der Waals surface area contributed by atoms with Crippen molar-refractivity contribution in [3.05, 3.63) is 94.8 Å². The molecule has 34 heavy (non-hydrogen) atoms. The van der Waals surface area contributed by atoms with Gasteiger partial charge in [-0.05, 0) is 54.7 Å². The van der Waals surface area contributed by atoms with Gasteiger partial charge in [0.15, 0.2) is 0 Å². The van der Waals surface area contributed by atoms with Crippen molar-refractivity contribution in [2.45, 2.75) is 45.7 Å². The minimum absolute atomic E-state index is 0.207. The van der Waals surface area contributed by atoms with E-state index in [4.69, 9.17) is 21.3 Å². The molecule has 6 heteroatoms. The lowest BCUT2D eigenvalue weighted by molar-refractivity contribution is 0.0949. The third-order valence-corrected chi connectivity index (χ3v) is 6.16. The molecule has 3 aromatic carbocycles. The van der Waals surface area contributed by atoms with Crippen LogP contribution in [0.1, 0.15) is 54.4 Å². The van der Waals surface area contributed by atoms with Crippen molar-refractivity contribution in [2.24, 2.45) is 0 Å². The van der Waals surface area contributed by atoms with Gasteiger partial charge in [0.1, 0.15) is 11.6 Å². The van der Waals surface area contributed by atoms with E-state index < -0.39 is 0 Å². The summed E-state index contributed by atoms with van der Waals surface area (Å²) in [5.41, 5.74) is 3.69. The highest BCUT2D eigenvalue weighted by molar-refractivity contribution is 6.33. The van der Waals surface area contributed by atoms with Gasteiger partial charge in [-0.1, -0.05) is 67.9 Å². The molecule has 5 nitrogen and oxygen atoms in total. The number of imidazole rings is 1. The monoisotopic (exact) mass is 475 g/mol. The first kappa shape index (κ1) is 23.8. The molecule has 1 N–H and O–H groups in total. The summed E-state index contributed by atoms with van der Waals surface area (Å²) in [6, 6.07) is 23.3. The molecule has 0 aliphatic heterocycles. The minimum Gasteiger partial charge on any atom is -0.493 e. The SMILES string of the molecule is CC(C)c1ccccc1OCCCCn1c(CNC(=O)c2ccccc2Cl)nc2ccccc21. The zero-order valence-corrected chi connectivity index (χ0v) is 20.4. The van der Waals surface area contributed by atoms with E-state index in [-0.39, 0.29) is 5.91 Å². The number of aryl methyl sites for hydroxylation is 1. The smallest absolute Gasteiger partial charge is 0.253 e. The molecule has 1 amide bonds. The van der Waals surface area contributed by atoms with E-state index in [0.717, 1.165) is 42.0 Å². The van der Waals surface area contributed by atoms with E-state index in [1.807, 2.05) is 36.4 Å². The number of halogens is 1. The highest BCUT2D eigenvalue weighted by Gasteiger charge is 2.14. The number of hydrogen-bond donors (Lipinski definition) is 1. The average molecular weight is 476 g/mol. The number of rotatable bonds is 10. The molecule has 1 aromatic heterocycles. The first-order valence-electron chi connectivity index (χ1n) is 11.7. The van der Waals surface area contributed by atoms with Crippen molar-refractivity contribution in [1.82, 2.24) is 14.9 Å². The van der Waals surface area contributed by atoms with E-state index in [1.165, 1.54) is 5.56 Å². The van der Waals surface area contributed by atoms with Gasteiger partial charge in [-0.3, -0.25) is 4.79 Å². The number of benzene rings is 3. The Bertz CT molecular complexity index is 1270. The van der Waals surface area contributed by atoms with Gasteiger partial charge in [0, 0.05) is 6.54 Å². The predicted molar refractivity (Wildman–Crippen MR) is 138 cm³/mol. The van der Waals surface area contributed by atoms with Gasteiger partial charge in [-0.25, -0.2) is 4.98 Å². The number of fused-ring (bicyclic) bond motifs is 1. The Kier molecular flexibility index (Phi) is 7.86. The highest BCUT2D eigenvalue weighted by atomic mass is 35.5. The van der Waals surface area contributed by atoms with Crippen LogP contribution in [0.4, 0.5) is 0 Å². The van der Waals surface area contributed by atoms with Crippen LogP contribution in [0, 0.1) is 0 Å². The lowest BCUT2D eigenvalue weighted by Crippen LogP contribution is -2.25. The average Bonchev–Trinajstić information content (AvgIpc) is 3.20. The van der Waals surface area contributed by atoms with Crippen molar-refractivity contribution in [3.63, 3.8) is 0 Å². The number of carbonyl (C=O) groups excluding carboxylic acids is 1. The summed E-state index contributed by atoms with van der Waals surface area (Å²) in [6.45, 7) is 6.15. The summed E-state index contributed by atoms with van der Waals surface area (Å²) < 4.78 is 8.27. The molecule has 4 rings (SSSR count).